The van der Waals surface area contributed by atoms with Gasteiger partial charge in [-0.15, -0.1) is 11.6 Å². The van der Waals surface area contributed by atoms with Crippen LogP contribution < -0.4 is 0 Å². The van der Waals surface area contributed by atoms with Gasteiger partial charge in [-0.25, -0.2) is 0 Å². The predicted octanol–water partition coefficient (Wildman–Crippen LogP) is 4.37. The monoisotopic (exact) mass is 325 g/mol. The van der Waals surface area contributed by atoms with Crippen LogP contribution in [-0.4, -0.2) is 35.4 Å². The molecule has 0 aromatic heterocycles. The molecule has 0 aromatic carbocycles. The lowest BCUT2D eigenvalue weighted by Crippen LogP contribution is -2.45. The van der Waals surface area contributed by atoms with Crippen LogP contribution in [0.1, 0.15) is 51.4 Å². The fraction of sp³-hybridized carbons (Fsp3) is 0.933. The molecule has 0 aromatic rings. The van der Waals surface area contributed by atoms with Gasteiger partial charge >= 0.3 is 6.18 Å². The van der Waals surface area contributed by atoms with Crippen molar-refractivity contribution >= 4 is 17.5 Å². The predicted molar refractivity (Wildman–Crippen MR) is 76.2 cm³/mol. The van der Waals surface area contributed by atoms with Gasteiger partial charge in [0.2, 0.25) is 5.91 Å². The molecule has 21 heavy (non-hydrogen) atoms. The Labute approximate surface area is 129 Å². The number of halogens is 4. The van der Waals surface area contributed by atoms with E-state index in [0.717, 1.165) is 25.7 Å². The van der Waals surface area contributed by atoms with Crippen LogP contribution in [0.5, 0.6) is 0 Å². The van der Waals surface area contributed by atoms with E-state index in [0.29, 0.717) is 25.3 Å². The third-order valence-electron chi connectivity index (χ3n) is 4.88. The highest BCUT2D eigenvalue weighted by molar-refractivity contribution is 6.18. The summed E-state index contributed by atoms with van der Waals surface area (Å²) in [6.45, 7) is 0.704. The maximum absolute atomic E-state index is 12.7. The number of hydrogen-bond donors (Lipinski definition) is 0. The second-order valence-electron chi connectivity index (χ2n) is 6.28. The van der Waals surface area contributed by atoms with Crippen molar-refractivity contribution in [1.29, 1.82) is 0 Å². The van der Waals surface area contributed by atoms with E-state index >= 15 is 0 Å². The second-order valence-corrected chi connectivity index (χ2v) is 6.59. The van der Waals surface area contributed by atoms with E-state index in [4.69, 9.17) is 11.6 Å². The largest absolute Gasteiger partial charge is 0.391 e. The van der Waals surface area contributed by atoms with Crippen LogP contribution in [-0.2, 0) is 4.79 Å². The molecule has 1 heterocycles. The zero-order valence-corrected chi connectivity index (χ0v) is 12.9. The molecule has 0 bridgehead atoms. The summed E-state index contributed by atoms with van der Waals surface area (Å²) in [4.78, 5) is 14.5. The molecular weight excluding hydrogens is 303 g/mol. The van der Waals surface area contributed by atoms with Crippen molar-refractivity contribution in [2.75, 3.05) is 12.4 Å². The zero-order chi connectivity index (χ0) is 15.5. The summed E-state index contributed by atoms with van der Waals surface area (Å²) in [5, 5.41) is 0. The number of alkyl halides is 4. The maximum atomic E-state index is 12.7. The first kappa shape index (κ1) is 16.9. The molecule has 2 rings (SSSR count). The van der Waals surface area contributed by atoms with Crippen LogP contribution in [0.4, 0.5) is 13.2 Å². The van der Waals surface area contributed by atoms with Crippen LogP contribution in [0.15, 0.2) is 0 Å². The Morgan fingerprint density at radius 1 is 1.05 bits per heavy atom. The number of hydrogen-bond acceptors (Lipinski definition) is 1. The molecule has 1 saturated carbocycles. The quantitative estimate of drug-likeness (QED) is 0.691. The van der Waals surface area contributed by atoms with Crippen molar-refractivity contribution in [1.82, 2.24) is 4.90 Å². The van der Waals surface area contributed by atoms with Crippen LogP contribution in [0.3, 0.4) is 0 Å². The Morgan fingerprint density at radius 3 is 2.29 bits per heavy atom. The van der Waals surface area contributed by atoms with E-state index in [-0.39, 0.29) is 30.7 Å². The number of rotatable bonds is 2. The molecule has 122 valence electrons. The SMILES string of the molecule is O=C(C1CCC(C(F)(F)F)CC1)N1CCCCCC1CCl. The van der Waals surface area contributed by atoms with Crippen molar-refractivity contribution in [3.05, 3.63) is 0 Å². The summed E-state index contributed by atoms with van der Waals surface area (Å²) < 4.78 is 38.0. The van der Waals surface area contributed by atoms with Gasteiger partial charge in [0.15, 0.2) is 0 Å². The molecule has 2 fully saturated rings. The van der Waals surface area contributed by atoms with Gasteiger partial charge < -0.3 is 4.90 Å². The maximum Gasteiger partial charge on any atom is 0.391 e. The minimum absolute atomic E-state index is 0.0307. The van der Waals surface area contributed by atoms with Crippen molar-refractivity contribution in [2.24, 2.45) is 11.8 Å². The highest BCUT2D eigenvalue weighted by Crippen LogP contribution is 2.40. The van der Waals surface area contributed by atoms with E-state index < -0.39 is 12.1 Å². The molecule has 0 radical (unpaired) electrons. The smallest absolute Gasteiger partial charge is 0.338 e. The Bertz CT molecular complexity index is 353. The molecule has 6 heteroatoms. The second kappa shape index (κ2) is 7.21. The highest BCUT2D eigenvalue weighted by Gasteiger charge is 2.43. The van der Waals surface area contributed by atoms with Gasteiger partial charge in [0.1, 0.15) is 0 Å². The Kier molecular flexibility index (Phi) is 5.81. The van der Waals surface area contributed by atoms with Gasteiger partial charge in [0.05, 0.1) is 5.92 Å². The molecule has 0 N–H and O–H groups in total. The Balaban J connectivity index is 1.94. The van der Waals surface area contributed by atoms with Gasteiger partial charge in [-0.05, 0) is 38.5 Å². The number of nitrogens with zero attached hydrogens (tertiary/aromatic N) is 1. The fourth-order valence-corrected chi connectivity index (χ4v) is 3.85. The van der Waals surface area contributed by atoms with Crippen LogP contribution in [0.25, 0.3) is 0 Å². The summed E-state index contributed by atoms with van der Waals surface area (Å²) in [5.74, 6) is -1.02. The van der Waals surface area contributed by atoms with Crippen LogP contribution in [0.2, 0.25) is 0 Å². The summed E-state index contributed by atoms with van der Waals surface area (Å²) in [7, 11) is 0. The van der Waals surface area contributed by atoms with E-state index in [1.807, 2.05) is 4.90 Å². The number of carbonyl (C=O) groups excluding carboxylic acids is 1. The molecular formula is C15H23ClF3NO. The average Bonchev–Trinajstić information content (AvgIpc) is 2.70. The third kappa shape index (κ3) is 4.27. The number of carbonyl (C=O) groups is 1. The summed E-state index contributed by atoms with van der Waals surface area (Å²) in [5.41, 5.74) is 0. The fourth-order valence-electron chi connectivity index (χ4n) is 3.53. The third-order valence-corrected chi connectivity index (χ3v) is 5.23. The first-order valence-corrected chi connectivity index (χ1v) is 8.40. The summed E-state index contributed by atoms with van der Waals surface area (Å²) >= 11 is 5.97. The van der Waals surface area contributed by atoms with Crippen molar-refractivity contribution in [3.63, 3.8) is 0 Å². The minimum Gasteiger partial charge on any atom is -0.338 e. The number of likely N-dealkylation sites (tertiary alicyclic amines) is 1. The van der Waals surface area contributed by atoms with Gasteiger partial charge in [-0.3, -0.25) is 4.79 Å². The van der Waals surface area contributed by atoms with Gasteiger partial charge in [0.25, 0.3) is 0 Å². The number of amides is 1. The van der Waals surface area contributed by atoms with E-state index in [2.05, 4.69) is 0 Å². The zero-order valence-electron chi connectivity index (χ0n) is 12.2. The van der Waals surface area contributed by atoms with Crippen molar-refractivity contribution in [3.8, 4) is 0 Å². The molecule has 2 aliphatic rings. The van der Waals surface area contributed by atoms with E-state index in [1.165, 1.54) is 0 Å². The summed E-state index contributed by atoms with van der Waals surface area (Å²) in [6, 6.07) is 0.0574. The molecule has 0 spiro atoms. The normalized spacial score (nSPS) is 31.8. The van der Waals surface area contributed by atoms with Gasteiger partial charge in [0, 0.05) is 24.4 Å². The molecule has 1 aliphatic heterocycles. The van der Waals surface area contributed by atoms with E-state index in [1.54, 1.807) is 0 Å². The lowest BCUT2D eigenvalue weighted by atomic mass is 9.81. The summed E-state index contributed by atoms with van der Waals surface area (Å²) in [6.07, 6.45) is 0.807. The standard InChI is InChI=1S/C15H23ClF3NO/c16-10-13-4-2-1-3-9-20(13)14(21)11-5-7-12(8-6-11)15(17,18)19/h11-13H,1-10H2. The molecule has 1 saturated heterocycles. The lowest BCUT2D eigenvalue weighted by molar-refractivity contribution is -0.185. The minimum atomic E-state index is -4.12. The topological polar surface area (TPSA) is 20.3 Å². The molecule has 1 unspecified atom stereocenters. The first-order valence-electron chi connectivity index (χ1n) is 7.86. The molecule has 1 atom stereocenters. The first-order chi connectivity index (χ1) is 9.93. The average molecular weight is 326 g/mol. The Hall–Kier alpha value is -0.450. The molecule has 1 aliphatic carbocycles. The van der Waals surface area contributed by atoms with Crippen LogP contribution in [0, 0.1) is 11.8 Å². The van der Waals surface area contributed by atoms with Crippen molar-refractivity contribution < 1.29 is 18.0 Å². The highest BCUT2D eigenvalue weighted by atomic mass is 35.5. The van der Waals surface area contributed by atoms with Gasteiger partial charge in [-0.2, -0.15) is 13.2 Å². The molecule has 2 nitrogen and oxygen atoms in total. The van der Waals surface area contributed by atoms with Gasteiger partial charge in [-0.1, -0.05) is 12.8 Å². The van der Waals surface area contributed by atoms with Crippen molar-refractivity contribution in [2.45, 2.75) is 63.6 Å². The molecule has 1 amide bonds. The Morgan fingerprint density at radius 2 is 1.71 bits per heavy atom. The van der Waals surface area contributed by atoms with Crippen LogP contribution >= 0.6 is 11.6 Å². The lowest BCUT2D eigenvalue weighted by Gasteiger charge is -2.35. The van der Waals surface area contributed by atoms with E-state index in [9.17, 15) is 18.0 Å².